The average Bonchev–Trinajstić information content (AvgIpc) is 3.18. The molecule has 0 aliphatic heterocycles. The van der Waals surface area contributed by atoms with E-state index in [1.807, 2.05) is 0 Å². The lowest BCUT2D eigenvalue weighted by Crippen LogP contribution is -2.36. The summed E-state index contributed by atoms with van der Waals surface area (Å²) in [6.45, 7) is 5.09. The molecule has 2 unspecified atom stereocenters. The Morgan fingerprint density at radius 1 is 1.06 bits per heavy atom. The lowest BCUT2D eigenvalue weighted by Gasteiger charge is -2.30. The molecule has 0 aromatic heterocycles. The van der Waals surface area contributed by atoms with Crippen molar-refractivity contribution in [1.29, 1.82) is 0 Å². The summed E-state index contributed by atoms with van der Waals surface area (Å²) in [5.41, 5.74) is 0. The molecule has 2 fully saturated rings. The van der Waals surface area contributed by atoms with E-state index in [-0.39, 0.29) is 0 Å². The Labute approximate surface area is 107 Å². The first-order valence-corrected chi connectivity index (χ1v) is 7.71. The van der Waals surface area contributed by atoms with Crippen LogP contribution in [0.1, 0.15) is 58.3 Å². The molecule has 2 rings (SSSR count). The fourth-order valence-electron chi connectivity index (χ4n) is 3.09. The van der Waals surface area contributed by atoms with E-state index in [1.54, 1.807) is 0 Å². The van der Waals surface area contributed by atoms with Crippen LogP contribution in [-0.4, -0.2) is 25.8 Å². The second kappa shape index (κ2) is 7.38. The molecule has 2 saturated carbocycles. The summed E-state index contributed by atoms with van der Waals surface area (Å²) < 4.78 is 5.59. The molecule has 2 aliphatic rings. The third kappa shape index (κ3) is 4.97. The van der Waals surface area contributed by atoms with E-state index in [0.717, 1.165) is 37.6 Å². The van der Waals surface area contributed by atoms with Crippen LogP contribution < -0.4 is 5.32 Å². The normalized spacial score (nSPS) is 29.5. The molecule has 2 atom stereocenters. The minimum Gasteiger partial charge on any atom is -0.380 e. The lowest BCUT2D eigenvalue weighted by molar-refractivity contribution is 0.127. The highest BCUT2D eigenvalue weighted by atomic mass is 16.5. The molecule has 2 heteroatoms. The molecule has 0 spiro atoms. The van der Waals surface area contributed by atoms with E-state index in [2.05, 4.69) is 12.2 Å². The van der Waals surface area contributed by atoms with Crippen molar-refractivity contribution in [1.82, 2.24) is 5.32 Å². The van der Waals surface area contributed by atoms with Gasteiger partial charge in [0.1, 0.15) is 0 Å². The molecule has 0 heterocycles. The van der Waals surface area contributed by atoms with Crippen LogP contribution in [0, 0.1) is 11.8 Å². The monoisotopic (exact) mass is 239 g/mol. The van der Waals surface area contributed by atoms with Gasteiger partial charge in [-0.2, -0.15) is 0 Å². The smallest absolute Gasteiger partial charge is 0.0590 e. The van der Waals surface area contributed by atoms with Crippen LogP contribution in [0.4, 0.5) is 0 Å². The van der Waals surface area contributed by atoms with Crippen LogP contribution in [0.15, 0.2) is 0 Å². The number of unbranched alkanes of at least 4 members (excludes halogenated alkanes) is 1. The first-order valence-electron chi connectivity index (χ1n) is 7.71. The van der Waals surface area contributed by atoms with Gasteiger partial charge in [0, 0.05) is 19.2 Å². The molecular formula is C15H29NO. The summed E-state index contributed by atoms with van der Waals surface area (Å²) in [6, 6.07) is 0.782. The van der Waals surface area contributed by atoms with Crippen molar-refractivity contribution in [2.24, 2.45) is 11.8 Å². The van der Waals surface area contributed by atoms with Crippen LogP contribution in [0.2, 0.25) is 0 Å². The molecule has 100 valence electrons. The summed E-state index contributed by atoms with van der Waals surface area (Å²) in [4.78, 5) is 0. The van der Waals surface area contributed by atoms with Crippen molar-refractivity contribution in [3.05, 3.63) is 0 Å². The Hall–Kier alpha value is -0.0800. The zero-order valence-corrected chi connectivity index (χ0v) is 11.4. The quantitative estimate of drug-likeness (QED) is 0.656. The molecule has 2 nitrogen and oxygen atoms in total. The van der Waals surface area contributed by atoms with Crippen molar-refractivity contribution < 1.29 is 4.74 Å². The van der Waals surface area contributed by atoms with E-state index in [4.69, 9.17) is 4.74 Å². The van der Waals surface area contributed by atoms with Gasteiger partial charge in [0.05, 0.1) is 6.61 Å². The molecule has 0 radical (unpaired) electrons. The fourth-order valence-corrected chi connectivity index (χ4v) is 3.09. The molecule has 0 saturated heterocycles. The molecule has 0 amide bonds. The van der Waals surface area contributed by atoms with Crippen molar-refractivity contribution in [3.8, 4) is 0 Å². The maximum absolute atomic E-state index is 5.59. The third-order valence-electron chi connectivity index (χ3n) is 4.33. The van der Waals surface area contributed by atoms with Crippen LogP contribution in [0.3, 0.4) is 0 Å². The van der Waals surface area contributed by atoms with Crippen molar-refractivity contribution in [2.75, 3.05) is 19.8 Å². The van der Waals surface area contributed by atoms with E-state index in [0.29, 0.717) is 0 Å². The summed E-state index contributed by atoms with van der Waals surface area (Å²) in [5, 5.41) is 3.69. The van der Waals surface area contributed by atoms with Gasteiger partial charge in [-0.1, -0.05) is 26.2 Å². The van der Waals surface area contributed by atoms with Crippen molar-refractivity contribution in [2.45, 2.75) is 64.3 Å². The van der Waals surface area contributed by atoms with Gasteiger partial charge in [0.2, 0.25) is 0 Å². The number of ether oxygens (including phenoxy) is 1. The largest absolute Gasteiger partial charge is 0.380 e. The Balaban J connectivity index is 1.49. The van der Waals surface area contributed by atoms with Crippen LogP contribution in [0.5, 0.6) is 0 Å². The maximum Gasteiger partial charge on any atom is 0.0590 e. The zero-order chi connectivity index (χ0) is 11.9. The van der Waals surface area contributed by atoms with E-state index in [1.165, 1.54) is 51.4 Å². The van der Waals surface area contributed by atoms with Crippen molar-refractivity contribution >= 4 is 0 Å². The second-order valence-electron chi connectivity index (χ2n) is 5.88. The molecule has 1 N–H and O–H groups in total. The molecule has 0 bridgehead atoms. The number of rotatable bonds is 8. The highest BCUT2D eigenvalue weighted by Crippen LogP contribution is 2.43. The highest BCUT2D eigenvalue weighted by Gasteiger charge is 2.34. The number of hydrogen-bond donors (Lipinski definition) is 1. The van der Waals surface area contributed by atoms with Gasteiger partial charge in [-0.05, 0) is 43.9 Å². The van der Waals surface area contributed by atoms with Crippen LogP contribution in [-0.2, 0) is 4.74 Å². The average molecular weight is 239 g/mol. The van der Waals surface area contributed by atoms with Gasteiger partial charge < -0.3 is 10.1 Å². The number of nitrogens with one attached hydrogen (secondary N) is 1. The minimum atomic E-state index is 0.782. The van der Waals surface area contributed by atoms with E-state index in [9.17, 15) is 0 Å². The molecule has 17 heavy (non-hydrogen) atoms. The molecule has 2 aliphatic carbocycles. The Bertz CT molecular complexity index is 203. The Morgan fingerprint density at radius 3 is 2.71 bits per heavy atom. The third-order valence-corrected chi connectivity index (χ3v) is 4.33. The minimum absolute atomic E-state index is 0.782. The summed E-state index contributed by atoms with van der Waals surface area (Å²) in [7, 11) is 0. The van der Waals surface area contributed by atoms with E-state index >= 15 is 0 Å². The standard InChI is InChI=1S/C15H29NO/c1-2-3-10-17-11-9-16-15-6-4-5-14(12-15)13-7-8-13/h13-16H,2-12H2,1H3. The lowest BCUT2D eigenvalue weighted by atomic mass is 9.83. The fraction of sp³-hybridized carbons (Fsp3) is 1.00. The van der Waals surface area contributed by atoms with Crippen molar-refractivity contribution in [3.63, 3.8) is 0 Å². The van der Waals surface area contributed by atoms with Crippen LogP contribution in [0.25, 0.3) is 0 Å². The second-order valence-corrected chi connectivity index (χ2v) is 5.88. The van der Waals surface area contributed by atoms with E-state index < -0.39 is 0 Å². The van der Waals surface area contributed by atoms with Gasteiger partial charge in [-0.25, -0.2) is 0 Å². The molecule has 0 aromatic rings. The maximum atomic E-state index is 5.59. The van der Waals surface area contributed by atoms with Gasteiger partial charge in [-0.3, -0.25) is 0 Å². The summed E-state index contributed by atoms with van der Waals surface area (Å²) in [5.74, 6) is 2.14. The molecular weight excluding hydrogens is 210 g/mol. The van der Waals surface area contributed by atoms with Gasteiger partial charge in [-0.15, -0.1) is 0 Å². The Morgan fingerprint density at radius 2 is 1.94 bits per heavy atom. The predicted molar refractivity (Wildman–Crippen MR) is 72.2 cm³/mol. The Kier molecular flexibility index (Phi) is 5.79. The predicted octanol–water partition coefficient (Wildman–Crippen LogP) is 3.36. The first kappa shape index (κ1) is 13.4. The summed E-state index contributed by atoms with van der Waals surface area (Å²) in [6.07, 6.45) is 11.2. The number of hydrogen-bond acceptors (Lipinski definition) is 2. The topological polar surface area (TPSA) is 21.3 Å². The SMILES string of the molecule is CCCCOCCNC1CCCC(C2CC2)C1. The van der Waals surface area contributed by atoms with Gasteiger partial charge in [0.15, 0.2) is 0 Å². The van der Waals surface area contributed by atoms with Crippen LogP contribution >= 0.6 is 0 Å². The highest BCUT2D eigenvalue weighted by molar-refractivity contribution is 4.87. The first-order chi connectivity index (χ1) is 8.40. The molecule has 0 aromatic carbocycles. The van der Waals surface area contributed by atoms with Gasteiger partial charge >= 0.3 is 0 Å². The zero-order valence-electron chi connectivity index (χ0n) is 11.4. The van der Waals surface area contributed by atoms with Gasteiger partial charge in [0.25, 0.3) is 0 Å². The summed E-state index contributed by atoms with van der Waals surface area (Å²) >= 11 is 0.